The van der Waals surface area contributed by atoms with Gasteiger partial charge in [-0.1, -0.05) is 17.7 Å². The topological polar surface area (TPSA) is 93.3 Å². The number of nitrogens with two attached hydrogens (primary N) is 1. The molecule has 0 aliphatic carbocycles. The fourth-order valence-electron chi connectivity index (χ4n) is 1.51. The standard InChI is InChI=1S/C13H12ClN5O/c1-8-6-9(7-11(14)17-8)13(20)19-18-12(15)10-4-2-3-5-16-10/h2-7H,1H3,(H2,15,18)(H,19,20). The van der Waals surface area contributed by atoms with E-state index in [9.17, 15) is 4.79 Å². The van der Waals surface area contributed by atoms with Crippen molar-refractivity contribution in [2.75, 3.05) is 0 Å². The van der Waals surface area contributed by atoms with E-state index in [2.05, 4.69) is 20.5 Å². The third kappa shape index (κ3) is 3.52. The highest BCUT2D eigenvalue weighted by Gasteiger charge is 2.08. The smallest absolute Gasteiger partial charge is 0.271 e. The summed E-state index contributed by atoms with van der Waals surface area (Å²) in [6.45, 7) is 1.74. The van der Waals surface area contributed by atoms with Crippen molar-refractivity contribution in [2.24, 2.45) is 10.8 Å². The van der Waals surface area contributed by atoms with Crippen molar-refractivity contribution in [2.45, 2.75) is 6.92 Å². The minimum atomic E-state index is -0.420. The fourth-order valence-corrected chi connectivity index (χ4v) is 1.76. The minimum Gasteiger partial charge on any atom is -0.380 e. The van der Waals surface area contributed by atoms with Crippen molar-refractivity contribution >= 4 is 23.3 Å². The van der Waals surface area contributed by atoms with Crippen LogP contribution in [-0.2, 0) is 0 Å². The number of hydrazone groups is 1. The average molecular weight is 290 g/mol. The molecule has 1 amide bonds. The van der Waals surface area contributed by atoms with Crippen LogP contribution in [0.25, 0.3) is 0 Å². The maximum absolute atomic E-state index is 11.9. The zero-order valence-electron chi connectivity index (χ0n) is 10.7. The van der Waals surface area contributed by atoms with E-state index >= 15 is 0 Å². The maximum atomic E-state index is 11.9. The Bertz CT molecular complexity index is 637. The van der Waals surface area contributed by atoms with Crippen LogP contribution in [0.15, 0.2) is 41.6 Å². The van der Waals surface area contributed by atoms with Gasteiger partial charge in [0.25, 0.3) is 5.91 Å². The lowest BCUT2D eigenvalue weighted by Gasteiger charge is -2.03. The molecule has 3 N–H and O–H groups in total. The largest absolute Gasteiger partial charge is 0.380 e. The second kappa shape index (κ2) is 6.12. The fraction of sp³-hybridized carbons (Fsp3) is 0.0769. The monoisotopic (exact) mass is 289 g/mol. The van der Waals surface area contributed by atoms with Gasteiger partial charge in [0, 0.05) is 17.5 Å². The van der Waals surface area contributed by atoms with Crippen LogP contribution in [0.2, 0.25) is 5.15 Å². The summed E-state index contributed by atoms with van der Waals surface area (Å²) in [5.74, 6) is -0.299. The molecular weight excluding hydrogens is 278 g/mol. The molecule has 2 rings (SSSR count). The molecule has 0 unspecified atom stereocenters. The summed E-state index contributed by atoms with van der Waals surface area (Å²) >= 11 is 5.79. The molecule has 2 aromatic heterocycles. The molecule has 0 aliphatic heterocycles. The van der Waals surface area contributed by atoms with E-state index in [-0.39, 0.29) is 11.0 Å². The number of aryl methyl sites for hydroxylation is 1. The lowest BCUT2D eigenvalue weighted by atomic mass is 10.2. The van der Waals surface area contributed by atoms with Crippen LogP contribution in [0, 0.1) is 6.92 Å². The molecular formula is C13H12ClN5O. The van der Waals surface area contributed by atoms with Gasteiger partial charge in [-0.05, 0) is 31.2 Å². The molecule has 0 atom stereocenters. The van der Waals surface area contributed by atoms with E-state index in [1.165, 1.54) is 6.07 Å². The van der Waals surface area contributed by atoms with Gasteiger partial charge < -0.3 is 5.73 Å². The number of pyridine rings is 2. The number of nitrogens with zero attached hydrogens (tertiary/aromatic N) is 3. The van der Waals surface area contributed by atoms with E-state index in [4.69, 9.17) is 17.3 Å². The summed E-state index contributed by atoms with van der Waals surface area (Å²) in [6.07, 6.45) is 1.59. The molecule has 0 spiro atoms. The summed E-state index contributed by atoms with van der Waals surface area (Å²) in [6, 6.07) is 8.29. The third-order valence-electron chi connectivity index (χ3n) is 2.39. The molecule has 7 heteroatoms. The van der Waals surface area contributed by atoms with Crippen molar-refractivity contribution in [1.29, 1.82) is 0 Å². The van der Waals surface area contributed by atoms with Crippen LogP contribution in [0.4, 0.5) is 0 Å². The summed E-state index contributed by atoms with van der Waals surface area (Å²) in [7, 11) is 0. The van der Waals surface area contributed by atoms with Gasteiger partial charge in [-0.3, -0.25) is 9.78 Å². The molecule has 20 heavy (non-hydrogen) atoms. The van der Waals surface area contributed by atoms with Gasteiger partial charge in [0.1, 0.15) is 10.8 Å². The number of nitrogens with one attached hydrogen (secondary N) is 1. The second-order valence-corrected chi connectivity index (χ2v) is 4.36. The van der Waals surface area contributed by atoms with E-state index in [0.717, 1.165) is 0 Å². The third-order valence-corrected chi connectivity index (χ3v) is 2.58. The van der Waals surface area contributed by atoms with Crippen LogP contribution >= 0.6 is 11.6 Å². The highest BCUT2D eigenvalue weighted by atomic mass is 35.5. The summed E-state index contributed by atoms with van der Waals surface area (Å²) < 4.78 is 0. The SMILES string of the molecule is Cc1cc(C(=O)N/N=C(\N)c2ccccn2)cc(Cl)n1. The predicted molar refractivity (Wildman–Crippen MR) is 76.4 cm³/mol. The van der Waals surface area contributed by atoms with Crippen molar-refractivity contribution in [3.63, 3.8) is 0 Å². The molecule has 6 nitrogen and oxygen atoms in total. The molecule has 102 valence electrons. The molecule has 2 aromatic rings. The summed E-state index contributed by atoms with van der Waals surface area (Å²) in [4.78, 5) is 19.9. The van der Waals surface area contributed by atoms with Gasteiger partial charge in [0.2, 0.25) is 0 Å². The first-order chi connectivity index (χ1) is 9.56. The number of carbonyl (C=O) groups is 1. The molecule has 0 fully saturated rings. The molecule has 0 aromatic carbocycles. The normalized spacial score (nSPS) is 11.2. The number of hydrogen-bond acceptors (Lipinski definition) is 4. The first-order valence-electron chi connectivity index (χ1n) is 5.75. The lowest BCUT2D eigenvalue weighted by Crippen LogP contribution is -2.24. The first-order valence-corrected chi connectivity index (χ1v) is 6.13. The molecule has 0 saturated heterocycles. The highest BCUT2D eigenvalue weighted by Crippen LogP contribution is 2.10. The van der Waals surface area contributed by atoms with Gasteiger partial charge in [-0.15, -0.1) is 0 Å². The number of carbonyl (C=O) groups excluding carboxylic acids is 1. The van der Waals surface area contributed by atoms with Crippen molar-refractivity contribution < 1.29 is 4.79 Å². The van der Waals surface area contributed by atoms with E-state index in [1.54, 1.807) is 37.4 Å². The van der Waals surface area contributed by atoms with Gasteiger partial charge in [0.05, 0.1) is 0 Å². The average Bonchev–Trinajstić information content (AvgIpc) is 2.44. The Morgan fingerprint density at radius 1 is 1.40 bits per heavy atom. The van der Waals surface area contributed by atoms with E-state index < -0.39 is 5.91 Å². The maximum Gasteiger partial charge on any atom is 0.271 e. The Hall–Kier alpha value is -2.47. The Balaban J connectivity index is 2.12. The van der Waals surface area contributed by atoms with Gasteiger partial charge in [-0.25, -0.2) is 10.4 Å². The number of aromatic nitrogens is 2. The Morgan fingerprint density at radius 2 is 2.20 bits per heavy atom. The number of amides is 1. The zero-order chi connectivity index (χ0) is 14.5. The van der Waals surface area contributed by atoms with Crippen LogP contribution in [-0.4, -0.2) is 21.7 Å². The summed E-state index contributed by atoms with van der Waals surface area (Å²) in [5.41, 5.74) is 9.55. The minimum absolute atomic E-state index is 0.121. The van der Waals surface area contributed by atoms with Crippen LogP contribution < -0.4 is 11.2 Å². The number of halogens is 1. The van der Waals surface area contributed by atoms with Gasteiger partial charge in [-0.2, -0.15) is 5.10 Å². The van der Waals surface area contributed by atoms with Gasteiger partial charge >= 0.3 is 0 Å². The Kier molecular flexibility index (Phi) is 4.27. The first kappa shape index (κ1) is 14.0. The van der Waals surface area contributed by atoms with Crippen molar-refractivity contribution in [1.82, 2.24) is 15.4 Å². The number of hydrogen-bond donors (Lipinski definition) is 2. The lowest BCUT2D eigenvalue weighted by molar-refractivity contribution is 0.0954. The van der Waals surface area contributed by atoms with Crippen molar-refractivity contribution in [3.05, 3.63) is 58.6 Å². The Labute approximate surface area is 120 Å². The number of amidine groups is 1. The highest BCUT2D eigenvalue weighted by molar-refractivity contribution is 6.29. The Morgan fingerprint density at radius 3 is 2.85 bits per heavy atom. The van der Waals surface area contributed by atoms with Crippen LogP contribution in [0.5, 0.6) is 0 Å². The molecule has 0 radical (unpaired) electrons. The van der Waals surface area contributed by atoms with Crippen LogP contribution in [0.3, 0.4) is 0 Å². The number of rotatable bonds is 3. The van der Waals surface area contributed by atoms with Crippen molar-refractivity contribution in [3.8, 4) is 0 Å². The molecule has 0 saturated carbocycles. The zero-order valence-corrected chi connectivity index (χ0v) is 11.4. The molecule has 0 bridgehead atoms. The predicted octanol–water partition coefficient (Wildman–Crippen LogP) is 1.49. The second-order valence-electron chi connectivity index (χ2n) is 3.97. The van der Waals surface area contributed by atoms with Crippen LogP contribution in [0.1, 0.15) is 21.7 Å². The van der Waals surface area contributed by atoms with E-state index in [0.29, 0.717) is 17.0 Å². The summed E-state index contributed by atoms with van der Waals surface area (Å²) in [5, 5.41) is 4.05. The molecule has 0 aliphatic rings. The van der Waals surface area contributed by atoms with E-state index in [1.807, 2.05) is 0 Å². The molecule has 2 heterocycles. The quantitative estimate of drug-likeness (QED) is 0.387. The van der Waals surface area contributed by atoms with Gasteiger partial charge in [0.15, 0.2) is 5.84 Å².